The minimum absolute atomic E-state index is 0.283. The Kier molecular flexibility index (Phi) is 5.16. The number of aliphatic hydroxyl groups excluding tert-OH is 1. The molecule has 2 N–H and O–H groups in total. The standard InChI is InChI=1S/C15H24N2O2/c1-11(2)16-9-14(18)10-19-15-7-12-5-3-4-6-13(12)8-17-15/h7-8,11,14,16,18H,3-6,9-10H2,1-2H3/t14-/m1/s1. The Morgan fingerprint density at radius 3 is 2.79 bits per heavy atom. The minimum atomic E-state index is -0.500. The van der Waals surface area contributed by atoms with Gasteiger partial charge < -0.3 is 15.2 Å². The maximum atomic E-state index is 9.78. The number of fused-ring (bicyclic) bond motifs is 1. The zero-order valence-corrected chi connectivity index (χ0v) is 11.9. The zero-order chi connectivity index (χ0) is 13.7. The minimum Gasteiger partial charge on any atom is -0.475 e. The van der Waals surface area contributed by atoms with Crippen LogP contribution in [0, 0.1) is 0 Å². The molecule has 0 bridgehead atoms. The van der Waals surface area contributed by atoms with Gasteiger partial charge in [-0.3, -0.25) is 0 Å². The summed E-state index contributed by atoms with van der Waals surface area (Å²) < 4.78 is 5.57. The largest absolute Gasteiger partial charge is 0.475 e. The van der Waals surface area contributed by atoms with E-state index in [2.05, 4.69) is 24.1 Å². The molecule has 0 aromatic carbocycles. The Morgan fingerprint density at radius 1 is 1.32 bits per heavy atom. The molecule has 4 nitrogen and oxygen atoms in total. The van der Waals surface area contributed by atoms with Gasteiger partial charge in [-0.2, -0.15) is 0 Å². The topological polar surface area (TPSA) is 54.4 Å². The average Bonchev–Trinajstić information content (AvgIpc) is 2.42. The number of pyridine rings is 1. The molecule has 0 radical (unpaired) electrons. The van der Waals surface area contributed by atoms with Crippen LogP contribution in [0.25, 0.3) is 0 Å². The van der Waals surface area contributed by atoms with Gasteiger partial charge in [0.1, 0.15) is 12.7 Å². The summed E-state index contributed by atoms with van der Waals surface area (Å²) in [6.07, 6.45) is 6.17. The van der Waals surface area contributed by atoms with Gasteiger partial charge in [0.25, 0.3) is 0 Å². The van der Waals surface area contributed by atoms with Crippen molar-refractivity contribution in [3.05, 3.63) is 23.4 Å². The van der Waals surface area contributed by atoms with Gasteiger partial charge in [0.15, 0.2) is 0 Å². The zero-order valence-electron chi connectivity index (χ0n) is 11.9. The molecule has 2 rings (SSSR count). The number of hydrogen-bond donors (Lipinski definition) is 2. The van der Waals surface area contributed by atoms with Crippen molar-refractivity contribution < 1.29 is 9.84 Å². The molecular formula is C15H24N2O2. The van der Waals surface area contributed by atoms with Crippen molar-refractivity contribution in [1.29, 1.82) is 0 Å². The van der Waals surface area contributed by atoms with Crippen LogP contribution in [-0.2, 0) is 12.8 Å². The number of aromatic nitrogens is 1. The molecule has 1 aromatic rings. The van der Waals surface area contributed by atoms with E-state index >= 15 is 0 Å². The summed E-state index contributed by atoms with van der Waals surface area (Å²) in [5.41, 5.74) is 2.70. The lowest BCUT2D eigenvalue weighted by atomic mass is 9.94. The van der Waals surface area contributed by atoms with Gasteiger partial charge >= 0.3 is 0 Å². The molecule has 0 unspecified atom stereocenters. The maximum Gasteiger partial charge on any atom is 0.213 e. The molecule has 1 aliphatic carbocycles. The SMILES string of the molecule is CC(C)NC[C@@H](O)COc1cc2c(cn1)CCCC2. The summed E-state index contributed by atoms with van der Waals surface area (Å²) in [5.74, 6) is 0.629. The molecule has 0 spiro atoms. The monoisotopic (exact) mass is 264 g/mol. The smallest absolute Gasteiger partial charge is 0.213 e. The molecule has 106 valence electrons. The third kappa shape index (κ3) is 4.48. The second kappa shape index (κ2) is 6.87. The molecule has 0 fully saturated rings. The highest BCUT2D eigenvalue weighted by Crippen LogP contribution is 2.23. The Hall–Kier alpha value is -1.13. The highest BCUT2D eigenvalue weighted by molar-refractivity contribution is 5.31. The van der Waals surface area contributed by atoms with E-state index in [9.17, 15) is 5.11 Å². The lowest BCUT2D eigenvalue weighted by molar-refractivity contribution is 0.102. The molecule has 1 heterocycles. The number of aryl methyl sites for hydroxylation is 2. The van der Waals surface area contributed by atoms with Gasteiger partial charge in [-0.15, -0.1) is 0 Å². The van der Waals surface area contributed by atoms with Crippen LogP contribution in [0.1, 0.15) is 37.8 Å². The molecular weight excluding hydrogens is 240 g/mol. The fraction of sp³-hybridized carbons (Fsp3) is 0.667. The highest BCUT2D eigenvalue weighted by atomic mass is 16.5. The van der Waals surface area contributed by atoms with Gasteiger partial charge in [0.05, 0.1) is 0 Å². The number of aliphatic hydroxyl groups is 1. The van der Waals surface area contributed by atoms with E-state index in [0.29, 0.717) is 18.5 Å². The number of hydrogen-bond acceptors (Lipinski definition) is 4. The van der Waals surface area contributed by atoms with Crippen molar-refractivity contribution in [2.45, 2.75) is 51.7 Å². The summed E-state index contributed by atoms with van der Waals surface area (Å²) in [6, 6.07) is 2.40. The van der Waals surface area contributed by atoms with Crippen LogP contribution in [0.3, 0.4) is 0 Å². The number of rotatable bonds is 6. The van der Waals surface area contributed by atoms with E-state index in [1.165, 1.54) is 24.0 Å². The molecule has 1 aliphatic rings. The quantitative estimate of drug-likeness (QED) is 0.821. The van der Waals surface area contributed by atoms with E-state index in [-0.39, 0.29) is 6.61 Å². The summed E-state index contributed by atoms with van der Waals surface area (Å²) in [7, 11) is 0. The summed E-state index contributed by atoms with van der Waals surface area (Å²) >= 11 is 0. The molecule has 0 amide bonds. The molecule has 1 atom stereocenters. The van der Waals surface area contributed by atoms with Crippen molar-refractivity contribution in [3.8, 4) is 5.88 Å². The van der Waals surface area contributed by atoms with Crippen molar-refractivity contribution >= 4 is 0 Å². The van der Waals surface area contributed by atoms with Crippen molar-refractivity contribution in [3.63, 3.8) is 0 Å². The summed E-state index contributed by atoms with van der Waals surface area (Å²) in [5, 5.41) is 13.0. The Labute approximate surface area is 115 Å². The first kappa shape index (κ1) is 14.3. The van der Waals surface area contributed by atoms with E-state index in [1.54, 1.807) is 0 Å². The molecule has 4 heteroatoms. The van der Waals surface area contributed by atoms with Crippen LogP contribution < -0.4 is 10.1 Å². The Bertz CT molecular complexity index is 407. The third-order valence-electron chi connectivity index (χ3n) is 3.39. The lowest BCUT2D eigenvalue weighted by Gasteiger charge is -2.17. The van der Waals surface area contributed by atoms with Crippen LogP contribution >= 0.6 is 0 Å². The van der Waals surface area contributed by atoms with Crippen LogP contribution in [-0.4, -0.2) is 35.4 Å². The van der Waals surface area contributed by atoms with Crippen molar-refractivity contribution in [1.82, 2.24) is 10.3 Å². The van der Waals surface area contributed by atoms with Crippen LogP contribution in [0.15, 0.2) is 12.3 Å². The van der Waals surface area contributed by atoms with Crippen LogP contribution in [0.2, 0.25) is 0 Å². The fourth-order valence-electron chi connectivity index (χ4n) is 2.28. The predicted octanol–water partition coefficient (Wildman–Crippen LogP) is 1.70. The summed E-state index contributed by atoms with van der Waals surface area (Å²) in [6.45, 7) is 4.94. The van der Waals surface area contributed by atoms with Crippen LogP contribution in [0.4, 0.5) is 0 Å². The van der Waals surface area contributed by atoms with E-state index < -0.39 is 6.10 Å². The fourth-order valence-corrected chi connectivity index (χ4v) is 2.28. The first-order valence-electron chi connectivity index (χ1n) is 7.17. The van der Waals surface area contributed by atoms with Gasteiger partial charge in [0.2, 0.25) is 5.88 Å². The van der Waals surface area contributed by atoms with Gasteiger partial charge in [-0.25, -0.2) is 4.98 Å². The summed E-state index contributed by atoms with van der Waals surface area (Å²) in [4.78, 5) is 4.31. The van der Waals surface area contributed by atoms with E-state index in [0.717, 1.165) is 12.8 Å². The first-order chi connectivity index (χ1) is 9.15. The van der Waals surface area contributed by atoms with Crippen molar-refractivity contribution in [2.24, 2.45) is 0 Å². The van der Waals surface area contributed by atoms with Gasteiger partial charge in [-0.05, 0) is 36.8 Å². The Morgan fingerprint density at radius 2 is 2.05 bits per heavy atom. The lowest BCUT2D eigenvalue weighted by Crippen LogP contribution is -2.35. The highest BCUT2D eigenvalue weighted by Gasteiger charge is 2.12. The average molecular weight is 264 g/mol. The van der Waals surface area contributed by atoms with Crippen molar-refractivity contribution in [2.75, 3.05) is 13.2 Å². The molecule has 0 aliphatic heterocycles. The molecule has 19 heavy (non-hydrogen) atoms. The van der Waals surface area contributed by atoms with Crippen LogP contribution in [0.5, 0.6) is 5.88 Å². The normalized spacial score (nSPS) is 16.2. The van der Waals surface area contributed by atoms with E-state index in [1.807, 2.05) is 12.3 Å². The number of ether oxygens (including phenoxy) is 1. The Balaban J connectivity index is 1.82. The molecule has 0 saturated heterocycles. The molecule has 1 aromatic heterocycles. The van der Waals surface area contributed by atoms with Gasteiger partial charge in [-0.1, -0.05) is 13.8 Å². The van der Waals surface area contributed by atoms with E-state index in [4.69, 9.17) is 4.74 Å². The number of nitrogens with one attached hydrogen (secondary N) is 1. The molecule has 0 saturated carbocycles. The second-order valence-corrected chi connectivity index (χ2v) is 5.53. The number of nitrogens with zero attached hydrogens (tertiary/aromatic N) is 1. The second-order valence-electron chi connectivity index (χ2n) is 5.53. The maximum absolute atomic E-state index is 9.78. The third-order valence-corrected chi connectivity index (χ3v) is 3.39. The predicted molar refractivity (Wildman–Crippen MR) is 75.5 cm³/mol. The van der Waals surface area contributed by atoms with Gasteiger partial charge in [0, 0.05) is 24.8 Å². The first-order valence-corrected chi connectivity index (χ1v) is 7.17.